The Hall–Kier alpha value is -1.22. The number of carbonyl (C=O) groups is 1. The molecule has 0 aromatic heterocycles. The molecule has 1 rings (SSSR count). The van der Waals surface area contributed by atoms with Crippen LogP contribution in [0.2, 0.25) is 5.02 Å². The molecule has 0 bridgehead atoms. The first-order chi connectivity index (χ1) is 7.63. The normalized spacial score (nSPS) is 9.94. The van der Waals surface area contributed by atoms with Crippen LogP contribution in [-0.4, -0.2) is 19.0 Å². The van der Waals surface area contributed by atoms with E-state index in [4.69, 9.17) is 11.6 Å². The Morgan fingerprint density at radius 1 is 1.44 bits per heavy atom. The maximum atomic E-state index is 11.2. The number of halogens is 1. The molecule has 0 atom stereocenters. The molecular formula is C12H17ClN2O. The maximum absolute atomic E-state index is 11.2. The summed E-state index contributed by atoms with van der Waals surface area (Å²) < 4.78 is 0. The van der Waals surface area contributed by atoms with Crippen molar-refractivity contribution in [3.63, 3.8) is 0 Å². The first-order valence-electron chi connectivity index (χ1n) is 5.40. The number of benzene rings is 1. The van der Waals surface area contributed by atoms with Crippen LogP contribution in [-0.2, 0) is 4.79 Å². The van der Waals surface area contributed by atoms with Crippen molar-refractivity contribution in [2.24, 2.45) is 0 Å². The Kier molecular flexibility index (Phi) is 5.12. The number of amides is 1. The molecule has 0 fully saturated rings. The topological polar surface area (TPSA) is 41.1 Å². The molecule has 3 nitrogen and oxygen atoms in total. The van der Waals surface area contributed by atoms with Gasteiger partial charge < -0.3 is 10.6 Å². The Morgan fingerprint density at radius 3 is 2.88 bits per heavy atom. The first kappa shape index (κ1) is 12.8. The molecule has 0 unspecified atom stereocenters. The van der Waals surface area contributed by atoms with Gasteiger partial charge in [0.2, 0.25) is 5.91 Å². The van der Waals surface area contributed by atoms with E-state index in [1.165, 1.54) is 0 Å². The molecule has 0 heterocycles. The van der Waals surface area contributed by atoms with Crippen molar-refractivity contribution in [2.45, 2.75) is 20.3 Å². The Bertz CT molecular complexity index is 366. The number of nitrogens with one attached hydrogen (secondary N) is 2. The molecule has 0 spiro atoms. The van der Waals surface area contributed by atoms with Crippen molar-refractivity contribution in [3.8, 4) is 0 Å². The van der Waals surface area contributed by atoms with Crippen LogP contribution in [0, 0.1) is 6.92 Å². The van der Waals surface area contributed by atoms with E-state index in [9.17, 15) is 4.79 Å². The highest BCUT2D eigenvalue weighted by molar-refractivity contribution is 6.30. The van der Waals surface area contributed by atoms with E-state index in [1.54, 1.807) is 0 Å². The summed E-state index contributed by atoms with van der Waals surface area (Å²) in [4.78, 5) is 11.2. The predicted molar refractivity (Wildman–Crippen MR) is 68.0 cm³/mol. The van der Waals surface area contributed by atoms with E-state index >= 15 is 0 Å². The minimum absolute atomic E-state index is 0.0645. The van der Waals surface area contributed by atoms with Crippen molar-refractivity contribution < 1.29 is 4.79 Å². The lowest BCUT2D eigenvalue weighted by atomic mass is 10.2. The fourth-order valence-corrected chi connectivity index (χ4v) is 1.55. The van der Waals surface area contributed by atoms with Crippen LogP contribution in [0.15, 0.2) is 18.2 Å². The van der Waals surface area contributed by atoms with Crippen molar-refractivity contribution in [3.05, 3.63) is 28.8 Å². The highest BCUT2D eigenvalue weighted by atomic mass is 35.5. The SMILES string of the molecule is CCNC(=O)CCNc1cc(Cl)ccc1C. The zero-order chi connectivity index (χ0) is 12.0. The number of hydrogen-bond donors (Lipinski definition) is 2. The molecule has 1 amide bonds. The van der Waals surface area contributed by atoms with Gasteiger partial charge in [-0.1, -0.05) is 17.7 Å². The van der Waals surface area contributed by atoms with E-state index in [1.807, 2.05) is 32.0 Å². The summed E-state index contributed by atoms with van der Waals surface area (Å²) in [6.45, 7) is 5.21. The predicted octanol–water partition coefficient (Wildman–Crippen LogP) is 2.59. The molecule has 0 aliphatic rings. The van der Waals surface area contributed by atoms with Crippen molar-refractivity contribution in [2.75, 3.05) is 18.4 Å². The average Bonchev–Trinajstić information content (AvgIpc) is 2.23. The summed E-state index contributed by atoms with van der Waals surface area (Å²) in [5.74, 6) is 0.0645. The summed E-state index contributed by atoms with van der Waals surface area (Å²) in [7, 11) is 0. The molecule has 2 N–H and O–H groups in total. The summed E-state index contributed by atoms with van der Waals surface area (Å²) >= 11 is 5.89. The van der Waals surface area contributed by atoms with E-state index in [-0.39, 0.29) is 5.91 Å². The number of carbonyl (C=O) groups excluding carboxylic acids is 1. The van der Waals surface area contributed by atoms with Crippen LogP contribution in [0.25, 0.3) is 0 Å². The second-order valence-corrected chi connectivity index (χ2v) is 4.03. The van der Waals surface area contributed by atoms with Gasteiger partial charge in [-0.2, -0.15) is 0 Å². The van der Waals surface area contributed by atoms with Gasteiger partial charge in [0.05, 0.1) is 0 Å². The quantitative estimate of drug-likeness (QED) is 0.831. The van der Waals surface area contributed by atoms with Gasteiger partial charge >= 0.3 is 0 Å². The zero-order valence-corrected chi connectivity index (χ0v) is 10.4. The average molecular weight is 241 g/mol. The number of rotatable bonds is 5. The van der Waals surface area contributed by atoms with Gasteiger partial charge in [0.25, 0.3) is 0 Å². The van der Waals surface area contributed by atoms with Gasteiger partial charge in [0.1, 0.15) is 0 Å². The monoisotopic (exact) mass is 240 g/mol. The smallest absolute Gasteiger partial charge is 0.221 e. The molecular weight excluding hydrogens is 224 g/mol. The molecule has 1 aromatic carbocycles. The van der Waals surface area contributed by atoms with Crippen LogP contribution >= 0.6 is 11.6 Å². The van der Waals surface area contributed by atoms with E-state index in [2.05, 4.69) is 10.6 Å². The van der Waals surface area contributed by atoms with Gasteiger partial charge in [-0.05, 0) is 31.5 Å². The zero-order valence-electron chi connectivity index (χ0n) is 9.64. The number of aryl methyl sites for hydroxylation is 1. The van der Waals surface area contributed by atoms with E-state index in [0.29, 0.717) is 24.5 Å². The summed E-state index contributed by atoms with van der Waals surface area (Å²) in [5.41, 5.74) is 2.11. The molecule has 0 saturated heterocycles. The van der Waals surface area contributed by atoms with Crippen LogP contribution in [0.4, 0.5) is 5.69 Å². The summed E-state index contributed by atoms with van der Waals surface area (Å²) in [6, 6.07) is 5.68. The molecule has 0 aliphatic heterocycles. The van der Waals surface area contributed by atoms with Gasteiger partial charge in [-0.15, -0.1) is 0 Å². The molecule has 16 heavy (non-hydrogen) atoms. The Labute approximate surface area is 101 Å². The van der Waals surface area contributed by atoms with Crippen LogP contribution in [0.3, 0.4) is 0 Å². The second-order valence-electron chi connectivity index (χ2n) is 3.59. The van der Waals surface area contributed by atoms with Gasteiger partial charge in [-0.3, -0.25) is 4.79 Å². The third-order valence-corrected chi connectivity index (χ3v) is 2.48. The largest absolute Gasteiger partial charge is 0.384 e. The van der Waals surface area contributed by atoms with Gasteiger partial charge in [0, 0.05) is 30.2 Å². The minimum Gasteiger partial charge on any atom is -0.384 e. The van der Waals surface area contributed by atoms with Gasteiger partial charge in [0.15, 0.2) is 0 Å². The van der Waals surface area contributed by atoms with E-state index in [0.717, 1.165) is 11.3 Å². The Morgan fingerprint density at radius 2 is 2.19 bits per heavy atom. The third-order valence-electron chi connectivity index (χ3n) is 2.24. The van der Waals surface area contributed by atoms with E-state index < -0.39 is 0 Å². The number of anilines is 1. The van der Waals surface area contributed by atoms with Crippen LogP contribution in [0.5, 0.6) is 0 Å². The maximum Gasteiger partial charge on any atom is 0.221 e. The molecule has 0 radical (unpaired) electrons. The fourth-order valence-electron chi connectivity index (χ4n) is 1.38. The first-order valence-corrected chi connectivity index (χ1v) is 5.78. The molecule has 0 aliphatic carbocycles. The number of hydrogen-bond acceptors (Lipinski definition) is 2. The van der Waals surface area contributed by atoms with Crippen LogP contribution in [0.1, 0.15) is 18.9 Å². The highest BCUT2D eigenvalue weighted by Gasteiger charge is 2.01. The second kappa shape index (κ2) is 6.38. The van der Waals surface area contributed by atoms with Crippen molar-refractivity contribution in [1.29, 1.82) is 0 Å². The third kappa shape index (κ3) is 4.11. The molecule has 0 saturated carbocycles. The molecule has 4 heteroatoms. The van der Waals surface area contributed by atoms with Gasteiger partial charge in [-0.25, -0.2) is 0 Å². The standard InChI is InChI=1S/C12H17ClN2O/c1-3-14-12(16)6-7-15-11-8-10(13)5-4-9(11)2/h4-5,8,15H,3,6-7H2,1-2H3,(H,14,16). The van der Waals surface area contributed by atoms with Crippen LogP contribution < -0.4 is 10.6 Å². The van der Waals surface area contributed by atoms with Crippen molar-refractivity contribution >= 4 is 23.2 Å². The molecule has 1 aromatic rings. The summed E-state index contributed by atoms with van der Waals surface area (Å²) in [6.07, 6.45) is 0.472. The fraction of sp³-hybridized carbons (Fsp3) is 0.417. The summed E-state index contributed by atoms with van der Waals surface area (Å²) in [5, 5.41) is 6.65. The Balaban J connectivity index is 2.42. The minimum atomic E-state index is 0.0645. The van der Waals surface area contributed by atoms with Crippen molar-refractivity contribution in [1.82, 2.24) is 5.32 Å². The lowest BCUT2D eigenvalue weighted by Gasteiger charge is -2.09. The lowest BCUT2D eigenvalue weighted by Crippen LogP contribution is -2.24. The highest BCUT2D eigenvalue weighted by Crippen LogP contribution is 2.19. The molecule has 88 valence electrons. The lowest BCUT2D eigenvalue weighted by molar-refractivity contribution is -0.120.